The van der Waals surface area contributed by atoms with Crippen LogP contribution in [0.4, 0.5) is 5.13 Å². The summed E-state index contributed by atoms with van der Waals surface area (Å²) in [6, 6.07) is 0.634. The zero-order valence-electron chi connectivity index (χ0n) is 9.49. The van der Waals surface area contributed by atoms with E-state index < -0.39 is 0 Å². The predicted octanol–water partition coefficient (Wildman–Crippen LogP) is 2.03. The fourth-order valence-electron chi connectivity index (χ4n) is 2.17. The van der Waals surface area contributed by atoms with E-state index in [1.54, 1.807) is 11.3 Å². The predicted molar refractivity (Wildman–Crippen MR) is 65.8 cm³/mol. The maximum Gasteiger partial charge on any atom is 0.185 e. The van der Waals surface area contributed by atoms with Gasteiger partial charge < -0.3 is 10.2 Å². The van der Waals surface area contributed by atoms with Gasteiger partial charge >= 0.3 is 0 Å². The van der Waals surface area contributed by atoms with Crippen molar-refractivity contribution >= 4 is 16.5 Å². The topological polar surface area (TPSA) is 28.2 Å². The van der Waals surface area contributed by atoms with E-state index in [2.05, 4.69) is 27.5 Å². The van der Waals surface area contributed by atoms with Gasteiger partial charge in [-0.25, -0.2) is 4.98 Å². The van der Waals surface area contributed by atoms with Crippen molar-refractivity contribution in [1.29, 1.82) is 0 Å². The lowest BCUT2D eigenvalue weighted by Gasteiger charge is -2.35. The van der Waals surface area contributed by atoms with E-state index in [0.717, 1.165) is 12.2 Å². The molecule has 1 N–H and O–H groups in total. The minimum atomic E-state index is 0.634. The van der Waals surface area contributed by atoms with Gasteiger partial charge in [-0.1, -0.05) is 0 Å². The van der Waals surface area contributed by atoms with Gasteiger partial charge in [0.2, 0.25) is 0 Å². The molecule has 4 heteroatoms. The minimum Gasteiger partial charge on any atom is -0.344 e. The average molecular weight is 225 g/mol. The van der Waals surface area contributed by atoms with Crippen LogP contribution in [0, 0.1) is 6.92 Å². The van der Waals surface area contributed by atoms with Crippen molar-refractivity contribution in [3.05, 3.63) is 11.1 Å². The number of hydrogen-bond acceptors (Lipinski definition) is 4. The summed E-state index contributed by atoms with van der Waals surface area (Å²) in [7, 11) is 2.03. The zero-order chi connectivity index (χ0) is 10.7. The minimum absolute atomic E-state index is 0.634. The fourth-order valence-corrected chi connectivity index (χ4v) is 3.07. The van der Waals surface area contributed by atoms with Gasteiger partial charge in [-0.15, -0.1) is 11.3 Å². The number of hydrogen-bond donors (Lipinski definition) is 1. The number of rotatable bonds is 3. The Morgan fingerprint density at radius 3 is 3.13 bits per heavy atom. The van der Waals surface area contributed by atoms with E-state index in [9.17, 15) is 0 Å². The molecule has 0 amide bonds. The molecule has 1 fully saturated rings. The molecule has 84 valence electrons. The van der Waals surface area contributed by atoms with Crippen LogP contribution in [-0.4, -0.2) is 31.2 Å². The van der Waals surface area contributed by atoms with Crippen LogP contribution in [0.1, 0.15) is 25.0 Å². The molecular formula is C11H19N3S. The molecule has 3 nitrogen and oxygen atoms in total. The van der Waals surface area contributed by atoms with Gasteiger partial charge in [0.1, 0.15) is 0 Å². The first-order valence-electron chi connectivity index (χ1n) is 5.64. The molecule has 1 aliphatic rings. The number of aromatic nitrogens is 1. The number of piperidine rings is 1. The van der Waals surface area contributed by atoms with Crippen LogP contribution in [0.15, 0.2) is 5.38 Å². The van der Waals surface area contributed by atoms with Gasteiger partial charge in [0.15, 0.2) is 5.13 Å². The largest absolute Gasteiger partial charge is 0.344 e. The molecule has 1 saturated heterocycles. The third-order valence-corrected chi connectivity index (χ3v) is 3.92. The van der Waals surface area contributed by atoms with Crippen LogP contribution < -0.4 is 10.2 Å². The fraction of sp³-hybridized carbons (Fsp3) is 0.727. The maximum absolute atomic E-state index is 4.58. The van der Waals surface area contributed by atoms with E-state index in [0.29, 0.717) is 6.04 Å². The molecule has 1 aliphatic heterocycles. The zero-order valence-corrected chi connectivity index (χ0v) is 10.3. The monoisotopic (exact) mass is 225 g/mol. The van der Waals surface area contributed by atoms with E-state index in [4.69, 9.17) is 0 Å². The smallest absolute Gasteiger partial charge is 0.185 e. The van der Waals surface area contributed by atoms with Crippen LogP contribution in [0.3, 0.4) is 0 Å². The van der Waals surface area contributed by atoms with Crippen molar-refractivity contribution in [2.24, 2.45) is 0 Å². The van der Waals surface area contributed by atoms with Crippen molar-refractivity contribution in [3.63, 3.8) is 0 Å². The molecule has 1 unspecified atom stereocenters. The SMILES string of the molecule is CNCC1CCCCN1c1nc(C)cs1. The number of nitrogens with one attached hydrogen (secondary N) is 1. The molecule has 0 aliphatic carbocycles. The average Bonchev–Trinajstić information content (AvgIpc) is 2.66. The van der Waals surface area contributed by atoms with Crippen molar-refractivity contribution in [1.82, 2.24) is 10.3 Å². The summed E-state index contributed by atoms with van der Waals surface area (Å²) >= 11 is 1.77. The first kappa shape index (κ1) is 10.9. The van der Waals surface area contributed by atoms with Gasteiger partial charge in [-0.3, -0.25) is 0 Å². The highest BCUT2D eigenvalue weighted by molar-refractivity contribution is 7.13. The van der Waals surface area contributed by atoms with Gasteiger partial charge in [-0.2, -0.15) is 0 Å². The molecule has 1 aromatic heterocycles. The lowest BCUT2D eigenvalue weighted by atomic mass is 10.0. The summed E-state index contributed by atoms with van der Waals surface area (Å²) in [5.41, 5.74) is 1.14. The van der Waals surface area contributed by atoms with Crippen LogP contribution in [0.25, 0.3) is 0 Å². The summed E-state index contributed by atoms with van der Waals surface area (Å²) in [6.45, 7) is 4.30. The molecule has 0 saturated carbocycles. The second-order valence-corrected chi connectivity index (χ2v) is 5.01. The van der Waals surface area contributed by atoms with Gasteiger partial charge in [0, 0.05) is 24.5 Å². The van der Waals surface area contributed by atoms with E-state index in [1.807, 2.05) is 7.05 Å². The van der Waals surface area contributed by atoms with Crippen LogP contribution in [0.2, 0.25) is 0 Å². The number of thiazole rings is 1. The van der Waals surface area contributed by atoms with Crippen molar-refractivity contribution < 1.29 is 0 Å². The standard InChI is InChI=1S/C11H19N3S/c1-9-8-15-11(13-9)14-6-4-3-5-10(14)7-12-2/h8,10,12H,3-7H2,1-2H3. The molecule has 1 aromatic rings. The van der Waals surface area contributed by atoms with E-state index >= 15 is 0 Å². The number of aryl methyl sites for hydroxylation is 1. The third kappa shape index (κ3) is 2.49. The van der Waals surface area contributed by atoms with Crippen molar-refractivity contribution in [2.75, 3.05) is 25.0 Å². The summed E-state index contributed by atoms with van der Waals surface area (Å²) in [6.07, 6.45) is 3.95. The number of anilines is 1. The summed E-state index contributed by atoms with van der Waals surface area (Å²) in [5, 5.41) is 6.62. The Hall–Kier alpha value is -0.610. The molecule has 15 heavy (non-hydrogen) atoms. The molecule has 0 spiro atoms. The van der Waals surface area contributed by atoms with E-state index in [-0.39, 0.29) is 0 Å². The number of nitrogens with zero attached hydrogens (tertiary/aromatic N) is 2. The molecule has 0 bridgehead atoms. The van der Waals surface area contributed by atoms with Crippen molar-refractivity contribution in [3.8, 4) is 0 Å². The lowest BCUT2D eigenvalue weighted by molar-refractivity contribution is 0.446. The molecule has 2 rings (SSSR count). The van der Waals surface area contributed by atoms with Crippen LogP contribution in [0.5, 0.6) is 0 Å². The van der Waals surface area contributed by atoms with Gasteiger partial charge in [-0.05, 0) is 33.2 Å². The maximum atomic E-state index is 4.58. The first-order valence-corrected chi connectivity index (χ1v) is 6.52. The van der Waals surface area contributed by atoms with Gasteiger partial charge in [0.25, 0.3) is 0 Å². The van der Waals surface area contributed by atoms with Gasteiger partial charge in [0.05, 0.1) is 5.69 Å². The Bertz CT molecular complexity index is 309. The highest BCUT2D eigenvalue weighted by Gasteiger charge is 2.23. The van der Waals surface area contributed by atoms with E-state index in [1.165, 1.54) is 30.9 Å². The second kappa shape index (κ2) is 4.94. The second-order valence-electron chi connectivity index (χ2n) is 4.17. The van der Waals surface area contributed by atoms with Crippen LogP contribution >= 0.6 is 11.3 Å². The molecule has 0 radical (unpaired) electrons. The Morgan fingerprint density at radius 2 is 2.47 bits per heavy atom. The summed E-state index contributed by atoms with van der Waals surface area (Å²) in [5.74, 6) is 0. The Balaban J connectivity index is 2.10. The molecule has 1 atom stereocenters. The highest BCUT2D eigenvalue weighted by atomic mass is 32.1. The quantitative estimate of drug-likeness (QED) is 0.853. The van der Waals surface area contributed by atoms with Crippen molar-refractivity contribution in [2.45, 2.75) is 32.2 Å². The molecular weight excluding hydrogens is 206 g/mol. The van der Waals surface area contributed by atoms with Crippen LogP contribution in [-0.2, 0) is 0 Å². The Kier molecular flexibility index (Phi) is 3.59. The number of likely N-dealkylation sites (N-methyl/N-ethyl adjacent to an activating group) is 1. The first-order chi connectivity index (χ1) is 7.31. The third-order valence-electron chi connectivity index (χ3n) is 2.92. The molecule has 0 aromatic carbocycles. The Labute approximate surface area is 95.5 Å². The summed E-state index contributed by atoms with van der Waals surface area (Å²) in [4.78, 5) is 7.05. The lowest BCUT2D eigenvalue weighted by Crippen LogP contribution is -2.44. The Morgan fingerprint density at radius 1 is 1.60 bits per heavy atom. The normalized spacial score (nSPS) is 22.0. The molecule has 2 heterocycles. The summed E-state index contributed by atoms with van der Waals surface area (Å²) < 4.78 is 0. The highest BCUT2D eigenvalue weighted by Crippen LogP contribution is 2.27.